The highest BCUT2D eigenvalue weighted by molar-refractivity contribution is 7.99. The number of carbonyl (C=O) groups excluding carboxylic acids is 1. The van der Waals surface area contributed by atoms with Gasteiger partial charge in [0.05, 0.1) is 5.75 Å². The molecule has 0 spiro atoms. The number of nitrogens with zero attached hydrogens (tertiary/aromatic N) is 4. The van der Waals surface area contributed by atoms with E-state index in [0.717, 1.165) is 37.9 Å². The largest absolute Gasteiger partial charge is 0.416 e. The van der Waals surface area contributed by atoms with Crippen molar-refractivity contribution in [3.05, 3.63) is 30.2 Å². The molecule has 0 unspecified atom stereocenters. The molecule has 1 aromatic carbocycles. The van der Waals surface area contributed by atoms with Gasteiger partial charge in [0.2, 0.25) is 11.8 Å². The van der Waals surface area contributed by atoms with Crippen LogP contribution < -0.4 is 10.2 Å². The molecule has 1 aromatic heterocycles. The lowest BCUT2D eigenvalue weighted by molar-refractivity contribution is -0.113. The number of carbonyl (C=O) groups is 1. The van der Waals surface area contributed by atoms with E-state index >= 15 is 0 Å². The summed E-state index contributed by atoms with van der Waals surface area (Å²) in [5.41, 5.74) is 2.03. The lowest BCUT2D eigenvalue weighted by atomic mass is 9.94. The van der Waals surface area contributed by atoms with Gasteiger partial charge in [-0.2, -0.15) is 0 Å². The standard InChI is InChI=1S/C21H29N5O2S/c1-16-23-24-21(28-16)29-15-20(27)22-17-7-9-19(10-8-17)26-13-11-25(12-14-26)18-5-3-2-4-6-18/h7-10,18H,2-6,11-15H2,1H3,(H,22,27). The van der Waals surface area contributed by atoms with Crippen LogP contribution in [0.5, 0.6) is 0 Å². The van der Waals surface area contributed by atoms with E-state index in [0.29, 0.717) is 11.1 Å². The number of piperazine rings is 1. The quantitative estimate of drug-likeness (QED) is 0.723. The fourth-order valence-corrected chi connectivity index (χ4v) is 4.81. The molecule has 156 valence electrons. The van der Waals surface area contributed by atoms with E-state index in [1.165, 1.54) is 49.6 Å². The number of rotatable bonds is 6. The van der Waals surface area contributed by atoms with E-state index < -0.39 is 0 Å². The van der Waals surface area contributed by atoms with E-state index in [-0.39, 0.29) is 11.7 Å². The first-order valence-corrected chi connectivity index (χ1v) is 11.5. The molecule has 1 aliphatic carbocycles. The van der Waals surface area contributed by atoms with Crippen LogP contribution in [0.1, 0.15) is 38.0 Å². The molecule has 0 radical (unpaired) electrons. The Bertz CT molecular complexity index is 796. The minimum Gasteiger partial charge on any atom is -0.416 e. The van der Waals surface area contributed by atoms with Gasteiger partial charge in [-0.1, -0.05) is 31.0 Å². The summed E-state index contributed by atoms with van der Waals surface area (Å²) in [6, 6.07) is 8.95. The van der Waals surface area contributed by atoms with Crippen LogP contribution in [0.3, 0.4) is 0 Å². The minimum atomic E-state index is -0.0836. The fourth-order valence-electron chi connectivity index (χ4n) is 4.21. The highest BCUT2D eigenvalue weighted by atomic mass is 32.2. The van der Waals surface area contributed by atoms with Crippen molar-refractivity contribution in [1.29, 1.82) is 0 Å². The summed E-state index contributed by atoms with van der Waals surface area (Å²) in [5, 5.41) is 11.0. The Kier molecular flexibility index (Phi) is 6.71. The second-order valence-corrected chi connectivity index (χ2v) is 8.71. The molecular formula is C21H29N5O2S. The van der Waals surface area contributed by atoms with Crippen LogP contribution in [0.15, 0.2) is 33.9 Å². The summed E-state index contributed by atoms with van der Waals surface area (Å²) in [4.78, 5) is 17.3. The Balaban J connectivity index is 1.23. The van der Waals surface area contributed by atoms with Crippen molar-refractivity contribution in [2.75, 3.05) is 42.1 Å². The lowest BCUT2D eigenvalue weighted by Crippen LogP contribution is -2.50. The molecule has 1 amide bonds. The first-order chi connectivity index (χ1) is 14.2. The Labute approximate surface area is 176 Å². The summed E-state index contributed by atoms with van der Waals surface area (Å²) in [6.45, 7) is 6.17. The van der Waals surface area contributed by atoms with Gasteiger partial charge in [0.1, 0.15) is 0 Å². The summed E-state index contributed by atoms with van der Waals surface area (Å²) < 4.78 is 5.26. The molecule has 29 heavy (non-hydrogen) atoms. The van der Waals surface area contributed by atoms with Crippen LogP contribution in [-0.2, 0) is 4.79 Å². The number of thioether (sulfide) groups is 1. The minimum absolute atomic E-state index is 0.0836. The number of hydrogen-bond donors (Lipinski definition) is 1. The van der Waals surface area contributed by atoms with Gasteiger partial charge in [-0.15, -0.1) is 10.2 Å². The molecule has 2 aromatic rings. The number of hydrogen-bond acceptors (Lipinski definition) is 7. The average molecular weight is 416 g/mol. The third-order valence-electron chi connectivity index (χ3n) is 5.76. The summed E-state index contributed by atoms with van der Waals surface area (Å²) in [6.07, 6.45) is 6.95. The van der Waals surface area contributed by atoms with Crippen molar-refractivity contribution in [2.45, 2.75) is 50.3 Å². The summed E-state index contributed by atoms with van der Waals surface area (Å²) in [5.74, 6) is 0.662. The molecule has 2 fully saturated rings. The maximum Gasteiger partial charge on any atom is 0.277 e. The molecule has 1 aliphatic heterocycles. The van der Waals surface area contributed by atoms with Crippen LogP contribution in [0.4, 0.5) is 11.4 Å². The first kappa shape index (κ1) is 20.2. The molecule has 4 rings (SSSR count). The average Bonchev–Trinajstić information content (AvgIpc) is 3.19. The number of benzene rings is 1. The van der Waals surface area contributed by atoms with Crippen molar-refractivity contribution in [3.8, 4) is 0 Å². The molecular weight excluding hydrogens is 386 g/mol. The summed E-state index contributed by atoms with van der Waals surface area (Å²) >= 11 is 1.24. The number of nitrogens with one attached hydrogen (secondary N) is 1. The predicted octanol–water partition coefficient (Wildman–Crippen LogP) is 3.56. The van der Waals surface area contributed by atoms with Gasteiger partial charge < -0.3 is 14.6 Å². The fraction of sp³-hybridized carbons (Fsp3) is 0.571. The third kappa shape index (κ3) is 5.51. The maximum absolute atomic E-state index is 12.1. The molecule has 1 N–H and O–H groups in total. The zero-order valence-corrected chi connectivity index (χ0v) is 17.8. The van der Waals surface area contributed by atoms with E-state index in [1.807, 2.05) is 12.1 Å². The summed E-state index contributed by atoms with van der Waals surface area (Å²) in [7, 11) is 0. The van der Waals surface area contributed by atoms with Crippen LogP contribution in [0.25, 0.3) is 0 Å². The van der Waals surface area contributed by atoms with Gasteiger partial charge in [0.25, 0.3) is 5.22 Å². The molecule has 8 heteroatoms. The SMILES string of the molecule is Cc1nnc(SCC(=O)Nc2ccc(N3CCN(C4CCCCC4)CC3)cc2)o1. The Hall–Kier alpha value is -2.06. The van der Waals surface area contributed by atoms with Gasteiger partial charge in [0.15, 0.2) is 0 Å². The number of anilines is 2. The normalized spacial score (nSPS) is 18.7. The van der Waals surface area contributed by atoms with E-state index in [2.05, 4.69) is 37.4 Å². The van der Waals surface area contributed by atoms with Crippen molar-refractivity contribution in [2.24, 2.45) is 0 Å². The third-order valence-corrected chi connectivity index (χ3v) is 6.57. The van der Waals surface area contributed by atoms with Gasteiger partial charge in [-0.05, 0) is 37.1 Å². The maximum atomic E-state index is 12.1. The zero-order chi connectivity index (χ0) is 20.1. The molecule has 0 bridgehead atoms. The van der Waals surface area contributed by atoms with Crippen molar-refractivity contribution in [3.63, 3.8) is 0 Å². The van der Waals surface area contributed by atoms with Crippen LogP contribution in [-0.4, -0.2) is 59.0 Å². The highest BCUT2D eigenvalue weighted by Crippen LogP contribution is 2.25. The van der Waals surface area contributed by atoms with Crippen molar-refractivity contribution in [1.82, 2.24) is 15.1 Å². The lowest BCUT2D eigenvalue weighted by Gasteiger charge is -2.41. The number of aromatic nitrogens is 2. The van der Waals surface area contributed by atoms with E-state index in [1.54, 1.807) is 6.92 Å². The predicted molar refractivity (Wildman–Crippen MR) is 115 cm³/mol. The number of aryl methyl sites for hydroxylation is 1. The van der Waals surface area contributed by atoms with Gasteiger partial charge in [-0.3, -0.25) is 9.69 Å². The Morgan fingerprint density at radius 3 is 2.48 bits per heavy atom. The Morgan fingerprint density at radius 2 is 1.83 bits per heavy atom. The second kappa shape index (κ2) is 9.63. The molecule has 0 atom stereocenters. The smallest absolute Gasteiger partial charge is 0.277 e. The van der Waals surface area contributed by atoms with Gasteiger partial charge in [0, 0.05) is 50.5 Å². The zero-order valence-electron chi connectivity index (χ0n) is 17.0. The van der Waals surface area contributed by atoms with Crippen LogP contribution in [0.2, 0.25) is 0 Å². The van der Waals surface area contributed by atoms with Gasteiger partial charge in [-0.25, -0.2) is 0 Å². The molecule has 2 heterocycles. The van der Waals surface area contributed by atoms with Crippen LogP contribution in [0, 0.1) is 6.92 Å². The molecule has 7 nitrogen and oxygen atoms in total. The first-order valence-electron chi connectivity index (χ1n) is 10.5. The molecule has 2 aliphatic rings. The second-order valence-electron chi connectivity index (χ2n) is 7.79. The van der Waals surface area contributed by atoms with E-state index in [9.17, 15) is 4.79 Å². The van der Waals surface area contributed by atoms with Gasteiger partial charge >= 0.3 is 0 Å². The van der Waals surface area contributed by atoms with E-state index in [4.69, 9.17) is 4.42 Å². The van der Waals surface area contributed by atoms with Crippen molar-refractivity contribution < 1.29 is 9.21 Å². The topological polar surface area (TPSA) is 74.5 Å². The molecule has 1 saturated heterocycles. The molecule has 1 saturated carbocycles. The monoisotopic (exact) mass is 415 g/mol. The highest BCUT2D eigenvalue weighted by Gasteiger charge is 2.25. The number of amides is 1. The Morgan fingerprint density at radius 1 is 1.10 bits per heavy atom. The van der Waals surface area contributed by atoms with Crippen molar-refractivity contribution >= 4 is 29.0 Å². The van der Waals surface area contributed by atoms with Crippen LogP contribution >= 0.6 is 11.8 Å².